The van der Waals surface area contributed by atoms with Gasteiger partial charge in [-0.15, -0.1) is 0 Å². The van der Waals surface area contributed by atoms with E-state index in [1.807, 2.05) is 0 Å². The minimum Gasteiger partial charge on any atom is -0.480 e. The number of nitrogens with zero attached hydrogens (tertiary/aromatic N) is 1. The average Bonchev–Trinajstić information content (AvgIpc) is 2.46. The Morgan fingerprint density at radius 3 is 2.75 bits per heavy atom. The average molecular weight is 299 g/mol. The molecule has 1 aromatic rings. The fourth-order valence-electron chi connectivity index (χ4n) is 2.14. The molecular formula is C13H15ClN2O4. The van der Waals surface area contributed by atoms with Crippen molar-refractivity contribution in [2.45, 2.75) is 19.4 Å². The second-order valence-corrected chi connectivity index (χ2v) is 5.02. The molecule has 1 amide bonds. The Kier molecular flexibility index (Phi) is 4.57. The lowest BCUT2D eigenvalue weighted by Gasteiger charge is -2.31. The molecule has 20 heavy (non-hydrogen) atoms. The third-order valence-corrected chi connectivity index (χ3v) is 3.79. The van der Waals surface area contributed by atoms with Gasteiger partial charge in [0.25, 0.3) is 0 Å². The zero-order valence-electron chi connectivity index (χ0n) is 10.8. The van der Waals surface area contributed by atoms with E-state index in [4.69, 9.17) is 16.3 Å². The van der Waals surface area contributed by atoms with Crippen LogP contribution in [-0.2, 0) is 20.9 Å². The number of hydrogen-bond acceptors (Lipinski definition) is 4. The maximum atomic E-state index is 12.2. The summed E-state index contributed by atoms with van der Waals surface area (Å²) in [5.41, 5.74) is -0.908. The van der Waals surface area contributed by atoms with E-state index in [2.05, 4.69) is 10.3 Å². The van der Waals surface area contributed by atoms with Crippen molar-refractivity contribution < 1.29 is 19.4 Å². The molecule has 0 bridgehead atoms. The topological polar surface area (TPSA) is 88.5 Å². The normalized spacial score (nSPS) is 17.4. The van der Waals surface area contributed by atoms with Gasteiger partial charge in [0, 0.05) is 19.4 Å². The standard InChI is InChI=1S/C13H15ClN2O4/c14-9-2-1-5-15-10(9)8-16-11(17)13(12(18)19)3-6-20-7-4-13/h1-2,5H,3-4,6-8H2,(H,16,17)(H,18,19). The summed E-state index contributed by atoms with van der Waals surface area (Å²) in [5.74, 6) is -1.64. The van der Waals surface area contributed by atoms with Crippen LogP contribution in [0.1, 0.15) is 18.5 Å². The van der Waals surface area contributed by atoms with Gasteiger partial charge in [-0.1, -0.05) is 11.6 Å². The Balaban J connectivity index is 2.06. The largest absolute Gasteiger partial charge is 0.480 e. The SMILES string of the molecule is O=C(O)C1(C(=O)NCc2ncccc2Cl)CCOCC1. The van der Waals surface area contributed by atoms with Gasteiger partial charge in [0.1, 0.15) is 0 Å². The fraction of sp³-hybridized carbons (Fsp3) is 0.462. The van der Waals surface area contributed by atoms with Crippen molar-refractivity contribution in [3.63, 3.8) is 0 Å². The van der Waals surface area contributed by atoms with Crippen LogP contribution in [0.3, 0.4) is 0 Å². The zero-order valence-corrected chi connectivity index (χ0v) is 11.5. The molecule has 1 fully saturated rings. The van der Waals surface area contributed by atoms with Gasteiger partial charge in [0.15, 0.2) is 5.41 Å². The van der Waals surface area contributed by atoms with Gasteiger partial charge >= 0.3 is 5.97 Å². The summed E-state index contributed by atoms with van der Waals surface area (Å²) >= 11 is 5.94. The highest BCUT2D eigenvalue weighted by molar-refractivity contribution is 6.31. The zero-order chi connectivity index (χ0) is 14.6. The lowest BCUT2D eigenvalue weighted by atomic mass is 9.79. The monoisotopic (exact) mass is 298 g/mol. The van der Waals surface area contributed by atoms with E-state index in [0.29, 0.717) is 10.7 Å². The smallest absolute Gasteiger partial charge is 0.319 e. The number of nitrogens with one attached hydrogen (secondary N) is 1. The van der Waals surface area contributed by atoms with Gasteiger partial charge in [-0.2, -0.15) is 0 Å². The molecule has 0 saturated carbocycles. The predicted molar refractivity (Wildman–Crippen MR) is 71.2 cm³/mol. The fourth-order valence-corrected chi connectivity index (χ4v) is 2.33. The molecule has 0 unspecified atom stereocenters. The van der Waals surface area contributed by atoms with E-state index in [9.17, 15) is 14.7 Å². The van der Waals surface area contributed by atoms with Crippen LogP contribution >= 0.6 is 11.6 Å². The first-order valence-corrected chi connectivity index (χ1v) is 6.63. The van der Waals surface area contributed by atoms with Crippen LogP contribution in [0, 0.1) is 5.41 Å². The lowest BCUT2D eigenvalue weighted by molar-refractivity contribution is -0.162. The van der Waals surface area contributed by atoms with Crippen molar-refractivity contribution in [2.24, 2.45) is 5.41 Å². The van der Waals surface area contributed by atoms with Crippen LogP contribution in [-0.4, -0.2) is 35.2 Å². The van der Waals surface area contributed by atoms with Crippen LogP contribution in [0.25, 0.3) is 0 Å². The number of carbonyl (C=O) groups excluding carboxylic acids is 1. The molecule has 2 rings (SSSR count). The molecule has 1 aromatic heterocycles. The Morgan fingerprint density at radius 2 is 2.15 bits per heavy atom. The lowest BCUT2D eigenvalue weighted by Crippen LogP contribution is -2.49. The summed E-state index contributed by atoms with van der Waals surface area (Å²) in [6.07, 6.45) is 1.91. The Hall–Kier alpha value is -1.66. The first kappa shape index (κ1) is 14.7. The van der Waals surface area contributed by atoms with E-state index in [0.717, 1.165) is 0 Å². The van der Waals surface area contributed by atoms with Crippen molar-refractivity contribution >= 4 is 23.5 Å². The Morgan fingerprint density at radius 1 is 1.45 bits per heavy atom. The summed E-state index contributed by atoms with van der Waals surface area (Å²) in [4.78, 5) is 27.7. The number of carboxylic acids is 1. The highest BCUT2D eigenvalue weighted by atomic mass is 35.5. The molecule has 6 nitrogen and oxygen atoms in total. The van der Waals surface area contributed by atoms with Gasteiger partial charge in [-0.25, -0.2) is 0 Å². The second kappa shape index (κ2) is 6.19. The van der Waals surface area contributed by atoms with E-state index in [-0.39, 0.29) is 32.6 Å². The number of halogens is 1. The van der Waals surface area contributed by atoms with Gasteiger partial charge in [-0.05, 0) is 25.0 Å². The number of pyridine rings is 1. The molecule has 1 saturated heterocycles. The number of aliphatic carboxylic acids is 1. The summed E-state index contributed by atoms with van der Waals surface area (Å²) in [5, 5.41) is 12.4. The summed E-state index contributed by atoms with van der Waals surface area (Å²) in [6, 6.07) is 3.35. The molecule has 7 heteroatoms. The second-order valence-electron chi connectivity index (χ2n) is 4.61. The quantitative estimate of drug-likeness (QED) is 0.816. The molecule has 0 atom stereocenters. The van der Waals surface area contributed by atoms with Crippen molar-refractivity contribution in [3.05, 3.63) is 29.0 Å². The van der Waals surface area contributed by atoms with Gasteiger partial charge < -0.3 is 15.2 Å². The third-order valence-electron chi connectivity index (χ3n) is 3.44. The number of carbonyl (C=O) groups is 2. The summed E-state index contributed by atoms with van der Waals surface area (Å²) in [6.45, 7) is 0.641. The molecule has 0 radical (unpaired) electrons. The van der Waals surface area contributed by atoms with Gasteiger partial charge in [-0.3, -0.25) is 14.6 Å². The highest BCUT2D eigenvalue weighted by Gasteiger charge is 2.47. The van der Waals surface area contributed by atoms with Gasteiger partial charge in [0.2, 0.25) is 5.91 Å². The molecule has 2 N–H and O–H groups in total. The van der Waals surface area contributed by atoms with Crippen LogP contribution in [0.4, 0.5) is 0 Å². The van der Waals surface area contributed by atoms with E-state index < -0.39 is 17.3 Å². The first-order valence-electron chi connectivity index (χ1n) is 6.25. The third kappa shape index (κ3) is 2.91. The van der Waals surface area contributed by atoms with E-state index in [1.54, 1.807) is 18.3 Å². The van der Waals surface area contributed by atoms with Gasteiger partial charge in [0.05, 0.1) is 17.3 Å². The van der Waals surface area contributed by atoms with Crippen molar-refractivity contribution in [2.75, 3.05) is 13.2 Å². The van der Waals surface area contributed by atoms with Crippen LogP contribution < -0.4 is 5.32 Å². The Bertz CT molecular complexity index is 515. The Labute approximate surface area is 121 Å². The van der Waals surface area contributed by atoms with E-state index in [1.165, 1.54) is 0 Å². The van der Waals surface area contributed by atoms with Crippen molar-refractivity contribution in [1.82, 2.24) is 10.3 Å². The summed E-state index contributed by atoms with van der Waals surface area (Å²) in [7, 11) is 0. The number of carboxylic acid groups (broad SMARTS) is 1. The maximum Gasteiger partial charge on any atom is 0.319 e. The molecule has 108 valence electrons. The number of amides is 1. The molecule has 0 aromatic carbocycles. The first-order chi connectivity index (χ1) is 9.56. The maximum absolute atomic E-state index is 12.2. The number of hydrogen-bond donors (Lipinski definition) is 2. The number of rotatable bonds is 4. The van der Waals surface area contributed by atoms with Crippen LogP contribution in [0.5, 0.6) is 0 Å². The molecular weight excluding hydrogens is 284 g/mol. The molecule has 1 aliphatic rings. The van der Waals surface area contributed by atoms with Crippen molar-refractivity contribution in [1.29, 1.82) is 0 Å². The molecule has 1 aliphatic heterocycles. The molecule has 2 heterocycles. The number of aromatic nitrogens is 1. The molecule has 0 spiro atoms. The molecule has 0 aliphatic carbocycles. The van der Waals surface area contributed by atoms with E-state index >= 15 is 0 Å². The minimum absolute atomic E-state index is 0.106. The predicted octanol–water partition coefficient (Wildman–Crippen LogP) is 1.23. The number of ether oxygens (including phenoxy) is 1. The van der Waals surface area contributed by atoms with Crippen LogP contribution in [0.15, 0.2) is 18.3 Å². The van der Waals surface area contributed by atoms with Crippen LogP contribution in [0.2, 0.25) is 5.02 Å². The summed E-state index contributed by atoms with van der Waals surface area (Å²) < 4.78 is 5.13. The minimum atomic E-state index is -1.42. The highest BCUT2D eigenvalue weighted by Crippen LogP contribution is 2.31. The van der Waals surface area contributed by atoms with Crippen molar-refractivity contribution in [3.8, 4) is 0 Å².